The molecule has 1 aliphatic carbocycles. The maximum absolute atomic E-state index is 13.8. The second-order valence-corrected chi connectivity index (χ2v) is 9.97. The summed E-state index contributed by atoms with van der Waals surface area (Å²) in [5, 5.41) is 0.628. The molecule has 0 radical (unpaired) electrons. The van der Waals surface area contributed by atoms with Crippen LogP contribution < -0.4 is 9.80 Å². The van der Waals surface area contributed by atoms with Crippen molar-refractivity contribution >= 4 is 40.8 Å². The van der Waals surface area contributed by atoms with Crippen LogP contribution in [0.25, 0.3) is 0 Å². The molecule has 2 aromatic carbocycles. The molecule has 0 unspecified atom stereocenters. The van der Waals surface area contributed by atoms with Gasteiger partial charge in [0.1, 0.15) is 0 Å². The Morgan fingerprint density at radius 3 is 2.26 bits per heavy atom. The molecule has 0 saturated heterocycles. The Hall–Kier alpha value is -2.86. The standard InChI is InChI=1S/C28H33ClN2O4/c1-4-30(22-15-13-21(29)14-16-22)27(33)24-17-18(2)31(25-8-6-5-7-23(24)25)26(32)19-9-11-20(12-10-19)28(34)35-3/h5-8,13-16,18-20,24H,4,9-12,17H2,1-3H3/t18-,19?,20?,24-/m0/s1. The molecule has 4 rings (SSSR count). The number of esters is 1. The SMILES string of the molecule is CCN(C(=O)[C@H]1C[C@H](C)N(C(=O)C2CCC(C(=O)OC)CC2)c2ccccc21)c1ccc(Cl)cc1. The van der Waals surface area contributed by atoms with Crippen LogP contribution in [0.4, 0.5) is 11.4 Å². The van der Waals surface area contributed by atoms with Crippen LogP contribution in [-0.2, 0) is 19.1 Å². The molecule has 0 N–H and O–H groups in total. The number of para-hydroxylation sites is 1. The molecule has 0 aromatic heterocycles. The second-order valence-electron chi connectivity index (χ2n) is 9.53. The number of methoxy groups -OCH3 is 1. The van der Waals surface area contributed by atoms with Crippen LogP contribution in [0.5, 0.6) is 0 Å². The third kappa shape index (κ3) is 5.08. The van der Waals surface area contributed by atoms with Gasteiger partial charge < -0.3 is 14.5 Å². The number of benzene rings is 2. The number of hydrogen-bond donors (Lipinski definition) is 0. The smallest absolute Gasteiger partial charge is 0.308 e. The van der Waals surface area contributed by atoms with Crippen LogP contribution in [-0.4, -0.2) is 37.5 Å². The summed E-state index contributed by atoms with van der Waals surface area (Å²) in [6.07, 6.45) is 3.24. The van der Waals surface area contributed by atoms with Gasteiger partial charge in [0.2, 0.25) is 11.8 Å². The molecule has 1 aliphatic heterocycles. The zero-order chi connectivity index (χ0) is 25.1. The molecule has 6 nitrogen and oxygen atoms in total. The zero-order valence-electron chi connectivity index (χ0n) is 20.6. The van der Waals surface area contributed by atoms with Gasteiger partial charge in [-0.1, -0.05) is 29.8 Å². The first-order chi connectivity index (χ1) is 16.8. The highest BCUT2D eigenvalue weighted by atomic mass is 35.5. The van der Waals surface area contributed by atoms with E-state index in [1.807, 2.05) is 55.1 Å². The third-order valence-corrected chi connectivity index (χ3v) is 7.71. The summed E-state index contributed by atoms with van der Waals surface area (Å²) < 4.78 is 4.89. The van der Waals surface area contributed by atoms with Gasteiger partial charge in [-0.2, -0.15) is 0 Å². The van der Waals surface area contributed by atoms with Crippen LogP contribution >= 0.6 is 11.6 Å². The highest BCUT2D eigenvalue weighted by Crippen LogP contribution is 2.42. The fraction of sp³-hybridized carbons (Fsp3) is 0.464. The van der Waals surface area contributed by atoms with E-state index in [1.54, 1.807) is 17.0 Å². The monoisotopic (exact) mass is 496 g/mol. The number of fused-ring (bicyclic) bond motifs is 1. The molecule has 2 atom stereocenters. The Bertz CT molecular complexity index is 1080. The van der Waals surface area contributed by atoms with Crippen molar-refractivity contribution in [1.29, 1.82) is 0 Å². The van der Waals surface area contributed by atoms with Gasteiger partial charge in [-0.3, -0.25) is 14.4 Å². The molecule has 2 amide bonds. The van der Waals surface area contributed by atoms with Crippen LogP contribution in [0.1, 0.15) is 57.4 Å². The van der Waals surface area contributed by atoms with E-state index in [2.05, 4.69) is 0 Å². The molecule has 1 heterocycles. The Labute approximate surface area is 212 Å². The van der Waals surface area contributed by atoms with E-state index in [1.165, 1.54) is 7.11 Å². The highest BCUT2D eigenvalue weighted by Gasteiger charge is 2.41. The van der Waals surface area contributed by atoms with Crippen LogP contribution in [0, 0.1) is 11.8 Å². The molecule has 0 spiro atoms. The molecule has 1 saturated carbocycles. The summed E-state index contributed by atoms with van der Waals surface area (Å²) in [5.74, 6) is -0.653. The number of likely N-dealkylation sites (N-methyl/N-ethyl adjacent to an activating group) is 1. The van der Waals surface area contributed by atoms with E-state index in [9.17, 15) is 14.4 Å². The first kappa shape index (κ1) is 25.2. The van der Waals surface area contributed by atoms with Crippen molar-refractivity contribution in [3.8, 4) is 0 Å². The maximum Gasteiger partial charge on any atom is 0.308 e. The van der Waals surface area contributed by atoms with Crippen molar-refractivity contribution < 1.29 is 19.1 Å². The summed E-state index contributed by atoms with van der Waals surface area (Å²) in [7, 11) is 1.41. The number of hydrogen-bond acceptors (Lipinski definition) is 4. The van der Waals surface area contributed by atoms with Crippen molar-refractivity contribution in [2.45, 2.75) is 57.9 Å². The van der Waals surface area contributed by atoms with Crippen LogP contribution in [0.3, 0.4) is 0 Å². The molecular weight excluding hydrogens is 464 g/mol. The molecular formula is C28H33ClN2O4. The van der Waals surface area contributed by atoms with Gasteiger partial charge in [0.05, 0.1) is 18.9 Å². The van der Waals surface area contributed by atoms with E-state index >= 15 is 0 Å². The fourth-order valence-electron chi connectivity index (χ4n) is 5.60. The predicted octanol–water partition coefficient (Wildman–Crippen LogP) is 5.58. The Kier molecular flexibility index (Phi) is 7.80. The first-order valence-corrected chi connectivity index (χ1v) is 12.8. The average Bonchev–Trinajstić information content (AvgIpc) is 2.89. The lowest BCUT2D eigenvalue weighted by atomic mass is 9.79. The van der Waals surface area contributed by atoms with Crippen molar-refractivity contribution in [2.24, 2.45) is 11.8 Å². The van der Waals surface area contributed by atoms with Gasteiger partial charge in [-0.05, 0) is 81.8 Å². The van der Waals surface area contributed by atoms with E-state index < -0.39 is 0 Å². The molecule has 7 heteroatoms. The minimum Gasteiger partial charge on any atom is -0.469 e. The van der Waals surface area contributed by atoms with E-state index in [0.29, 0.717) is 43.7 Å². The van der Waals surface area contributed by atoms with E-state index in [0.717, 1.165) is 16.9 Å². The van der Waals surface area contributed by atoms with Gasteiger partial charge >= 0.3 is 5.97 Å². The maximum atomic E-state index is 13.8. The Balaban J connectivity index is 1.57. The minimum atomic E-state index is -0.337. The fourth-order valence-corrected chi connectivity index (χ4v) is 5.72. The molecule has 2 aromatic rings. The minimum absolute atomic E-state index is 0.0276. The van der Waals surface area contributed by atoms with Crippen LogP contribution in [0.15, 0.2) is 48.5 Å². The van der Waals surface area contributed by atoms with Crippen molar-refractivity contribution in [2.75, 3.05) is 23.5 Å². The lowest BCUT2D eigenvalue weighted by Crippen LogP contribution is -2.49. The quantitative estimate of drug-likeness (QED) is 0.507. The number of carbonyl (C=O) groups excluding carboxylic acids is 3. The number of amides is 2. The van der Waals surface area contributed by atoms with Gasteiger partial charge in [0, 0.05) is 34.9 Å². The molecule has 35 heavy (non-hydrogen) atoms. The lowest BCUT2D eigenvalue weighted by Gasteiger charge is -2.42. The second kappa shape index (κ2) is 10.8. The first-order valence-electron chi connectivity index (χ1n) is 12.4. The van der Waals surface area contributed by atoms with E-state index in [-0.39, 0.29) is 41.6 Å². The number of rotatable bonds is 5. The van der Waals surface area contributed by atoms with Crippen molar-refractivity contribution in [3.05, 3.63) is 59.1 Å². The summed E-state index contributed by atoms with van der Waals surface area (Å²) in [6.45, 7) is 4.53. The van der Waals surface area contributed by atoms with Crippen molar-refractivity contribution in [1.82, 2.24) is 0 Å². The zero-order valence-corrected chi connectivity index (χ0v) is 21.3. The molecule has 0 bridgehead atoms. The van der Waals surface area contributed by atoms with Gasteiger partial charge in [-0.25, -0.2) is 0 Å². The van der Waals surface area contributed by atoms with E-state index in [4.69, 9.17) is 16.3 Å². The largest absolute Gasteiger partial charge is 0.469 e. The van der Waals surface area contributed by atoms with Gasteiger partial charge in [0.25, 0.3) is 0 Å². The predicted molar refractivity (Wildman–Crippen MR) is 138 cm³/mol. The Morgan fingerprint density at radius 2 is 1.63 bits per heavy atom. The summed E-state index contributed by atoms with van der Waals surface area (Å²) in [4.78, 5) is 43.0. The molecule has 186 valence electrons. The lowest BCUT2D eigenvalue weighted by molar-refractivity contribution is -0.147. The normalized spacial score (nSPS) is 23.8. The number of halogens is 1. The molecule has 1 fully saturated rings. The number of ether oxygens (including phenoxy) is 1. The average molecular weight is 497 g/mol. The van der Waals surface area contributed by atoms with Crippen LogP contribution in [0.2, 0.25) is 5.02 Å². The Morgan fingerprint density at radius 1 is 1.00 bits per heavy atom. The number of anilines is 2. The molecule has 2 aliphatic rings. The van der Waals surface area contributed by atoms with Gasteiger partial charge in [-0.15, -0.1) is 0 Å². The third-order valence-electron chi connectivity index (χ3n) is 7.46. The van der Waals surface area contributed by atoms with Gasteiger partial charge in [0.15, 0.2) is 0 Å². The van der Waals surface area contributed by atoms with Crippen molar-refractivity contribution in [3.63, 3.8) is 0 Å². The summed E-state index contributed by atoms with van der Waals surface area (Å²) >= 11 is 6.05. The summed E-state index contributed by atoms with van der Waals surface area (Å²) in [6, 6.07) is 15.0. The number of nitrogens with zero attached hydrogens (tertiary/aromatic N) is 2. The topological polar surface area (TPSA) is 66.9 Å². The number of carbonyl (C=O) groups is 3. The highest BCUT2D eigenvalue weighted by molar-refractivity contribution is 6.30. The summed E-state index contributed by atoms with van der Waals surface area (Å²) in [5.41, 5.74) is 2.52.